The maximum atomic E-state index is 12.2. The summed E-state index contributed by atoms with van der Waals surface area (Å²) in [5.74, 6) is 0.595. The largest absolute Gasteiger partial charge is 0.466 e. The van der Waals surface area contributed by atoms with Crippen molar-refractivity contribution in [3.8, 4) is 0 Å². The Labute approximate surface area is 127 Å². The van der Waals surface area contributed by atoms with Gasteiger partial charge in [-0.2, -0.15) is 0 Å². The lowest BCUT2D eigenvalue weighted by atomic mass is 9.75. The van der Waals surface area contributed by atoms with Gasteiger partial charge in [0, 0.05) is 0 Å². The number of rotatable bonds is 5. The number of ether oxygens (including phenoxy) is 2. The van der Waals surface area contributed by atoms with Gasteiger partial charge in [0.1, 0.15) is 6.10 Å². The fourth-order valence-electron chi connectivity index (χ4n) is 3.45. The zero-order chi connectivity index (χ0) is 15.6. The highest BCUT2D eigenvalue weighted by Crippen LogP contribution is 2.42. The Morgan fingerprint density at radius 3 is 2.38 bits per heavy atom. The number of hydrogen-bond donors (Lipinski definition) is 0. The molecule has 0 aromatic rings. The highest BCUT2D eigenvalue weighted by Gasteiger charge is 2.51. The minimum absolute atomic E-state index is 0.0182. The second-order valence-corrected chi connectivity index (χ2v) is 7.00. The first kappa shape index (κ1) is 16.3. The minimum atomic E-state index is -0.269. The zero-order valence-electron chi connectivity index (χ0n) is 13.6. The van der Waals surface area contributed by atoms with Crippen LogP contribution >= 0.6 is 0 Å². The fourth-order valence-corrected chi connectivity index (χ4v) is 3.45. The third kappa shape index (κ3) is 3.98. The molecular weight excluding hydrogens is 268 g/mol. The molecule has 2 saturated carbocycles. The molecule has 0 bridgehead atoms. The number of carbonyl (C=O) groups is 2. The van der Waals surface area contributed by atoms with Crippen molar-refractivity contribution in [2.24, 2.45) is 29.6 Å². The molecule has 0 amide bonds. The molecule has 0 aromatic carbocycles. The van der Waals surface area contributed by atoms with E-state index < -0.39 is 0 Å². The van der Waals surface area contributed by atoms with Crippen LogP contribution in [-0.4, -0.2) is 24.6 Å². The molecule has 2 rings (SSSR count). The van der Waals surface area contributed by atoms with Gasteiger partial charge in [-0.15, -0.1) is 0 Å². The predicted molar refractivity (Wildman–Crippen MR) is 79.5 cm³/mol. The highest BCUT2D eigenvalue weighted by molar-refractivity contribution is 5.87. The number of carbonyl (C=O) groups excluding carboxylic acids is 2. The average Bonchev–Trinajstić information content (AvgIpc) is 3.19. The van der Waals surface area contributed by atoms with Crippen molar-refractivity contribution in [2.75, 3.05) is 6.61 Å². The summed E-state index contributed by atoms with van der Waals surface area (Å²) in [5, 5.41) is 0. The van der Waals surface area contributed by atoms with Crippen molar-refractivity contribution >= 4 is 11.9 Å². The molecule has 120 valence electrons. The SMILES string of the molecule is CCOC(=O)C1CC1C(=O)OC1CC(C)CCC1C(C)C. The van der Waals surface area contributed by atoms with Crippen molar-refractivity contribution in [3.63, 3.8) is 0 Å². The van der Waals surface area contributed by atoms with Crippen molar-refractivity contribution in [2.45, 2.75) is 59.5 Å². The smallest absolute Gasteiger partial charge is 0.310 e. The molecule has 21 heavy (non-hydrogen) atoms. The van der Waals surface area contributed by atoms with Crippen LogP contribution in [0.25, 0.3) is 0 Å². The zero-order valence-corrected chi connectivity index (χ0v) is 13.6. The van der Waals surface area contributed by atoms with E-state index in [9.17, 15) is 9.59 Å². The van der Waals surface area contributed by atoms with E-state index in [2.05, 4.69) is 20.8 Å². The summed E-state index contributed by atoms with van der Waals surface area (Å²) in [6, 6.07) is 0. The van der Waals surface area contributed by atoms with Crippen LogP contribution in [-0.2, 0) is 19.1 Å². The highest BCUT2D eigenvalue weighted by atomic mass is 16.5. The molecule has 0 aliphatic heterocycles. The van der Waals surface area contributed by atoms with E-state index in [1.54, 1.807) is 6.92 Å². The van der Waals surface area contributed by atoms with Crippen LogP contribution in [0.3, 0.4) is 0 Å². The van der Waals surface area contributed by atoms with Crippen molar-refractivity contribution in [1.29, 1.82) is 0 Å². The molecule has 0 saturated heterocycles. The lowest BCUT2D eigenvalue weighted by molar-refractivity contribution is -0.160. The van der Waals surface area contributed by atoms with E-state index in [1.807, 2.05) is 0 Å². The fraction of sp³-hybridized carbons (Fsp3) is 0.882. The second kappa shape index (κ2) is 6.80. The molecule has 0 heterocycles. The van der Waals surface area contributed by atoms with E-state index >= 15 is 0 Å². The first-order chi connectivity index (χ1) is 9.93. The predicted octanol–water partition coefficient (Wildman–Crippen LogP) is 3.19. The van der Waals surface area contributed by atoms with Gasteiger partial charge in [0.05, 0.1) is 18.4 Å². The maximum absolute atomic E-state index is 12.2. The van der Waals surface area contributed by atoms with E-state index in [4.69, 9.17) is 9.47 Å². The summed E-state index contributed by atoms with van der Waals surface area (Å²) in [5.41, 5.74) is 0. The Hall–Kier alpha value is -1.06. The quantitative estimate of drug-likeness (QED) is 0.731. The topological polar surface area (TPSA) is 52.6 Å². The van der Waals surface area contributed by atoms with Crippen molar-refractivity contribution in [3.05, 3.63) is 0 Å². The molecular formula is C17H28O4. The summed E-state index contributed by atoms with van der Waals surface area (Å²) >= 11 is 0. The Bertz CT molecular complexity index is 390. The molecule has 2 fully saturated rings. The average molecular weight is 296 g/mol. The van der Waals surface area contributed by atoms with Crippen molar-refractivity contribution in [1.82, 2.24) is 0 Å². The summed E-state index contributed by atoms with van der Waals surface area (Å²) in [6.45, 7) is 8.76. The van der Waals surface area contributed by atoms with Gasteiger partial charge < -0.3 is 9.47 Å². The van der Waals surface area contributed by atoms with Gasteiger partial charge in [-0.3, -0.25) is 9.59 Å². The normalized spacial score (nSPS) is 35.4. The van der Waals surface area contributed by atoms with Gasteiger partial charge in [-0.1, -0.05) is 27.2 Å². The standard InChI is InChI=1S/C17H28O4/c1-5-20-16(18)13-9-14(13)17(19)21-15-8-11(4)6-7-12(15)10(2)3/h10-15H,5-9H2,1-4H3. The number of hydrogen-bond acceptors (Lipinski definition) is 4. The third-order valence-electron chi connectivity index (χ3n) is 4.91. The lowest BCUT2D eigenvalue weighted by Gasteiger charge is -2.36. The summed E-state index contributed by atoms with van der Waals surface area (Å²) < 4.78 is 10.7. The van der Waals surface area contributed by atoms with Crippen LogP contribution in [0.2, 0.25) is 0 Å². The van der Waals surface area contributed by atoms with Gasteiger partial charge in [0.15, 0.2) is 0 Å². The molecule has 2 aliphatic rings. The Balaban J connectivity index is 1.88. The van der Waals surface area contributed by atoms with Gasteiger partial charge in [-0.05, 0) is 43.9 Å². The van der Waals surface area contributed by atoms with E-state index in [-0.39, 0.29) is 29.9 Å². The van der Waals surface area contributed by atoms with E-state index in [0.29, 0.717) is 30.8 Å². The van der Waals surface area contributed by atoms with Crippen LogP contribution in [0.15, 0.2) is 0 Å². The monoisotopic (exact) mass is 296 g/mol. The van der Waals surface area contributed by atoms with Gasteiger partial charge >= 0.3 is 11.9 Å². The Kier molecular flexibility index (Phi) is 5.28. The first-order valence-electron chi connectivity index (χ1n) is 8.31. The number of esters is 2. The van der Waals surface area contributed by atoms with Gasteiger partial charge in [0.2, 0.25) is 0 Å². The molecule has 4 heteroatoms. The van der Waals surface area contributed by atoms with Crippen LogP contribution in [0.1, 0.15) is 53.4 Å². The van der Waals surface area contributed by atoms with E-state index in [1.165, 1.54) is 6.42 Å². The minimum Gasteiger partial charge on any atom is -0.466 e. The molecule has 4 nitrogen and oxygen atoms in total. The van der Waals surface area contributed by atoms with Gasteiger partial charge in [0.25, 0.3) is 0 Å². The summed E-state index contributed by atoms with van der Waals surface area (Å²) in [7, 11) is 0. The van der Waals surface area contributed by atoms with Crippen LogP contribution in [0.5, 0.6) is 0 Å². The Morgan fingerprint density at radius 1 is 1.10 bits per heavy atom. The molecule has 5 atom stereocenters. The van der Waals surface area contributed by atoms with E-state index in [0.717, 1.165) is 12.8 Å². The lowest BCUT2D eigenvalue weighted by Crippen LogP contribution is -2.36. The Morgan fingerprint density at radius 2 is 1.76 bits per heavy atom. The molecule has 0 aromatic heterocycles. The van der Waals surface area contributed by atoms with Gasteiger partial charge in [-0.25, -0.2) is 0 Å². The molecule has 2 aliphatic carbocycles. The molecule has 0 N–H and O–H groups in total. The van der Waals surface area contributed by atoms with Crippen LogP contribution < -0.4 is 0 Å². The van der Waals surface area contributed by atoms with Crippen LogP contribution in [0, 0.1) is 29.6 Å². The molecule has 0 radical (unpaired) electrons. The van der Waals surface area contributed by atoms with Crippen LogP contribution in [0.4, 0.5) is 0 Å². The molecule has 0 spiro atoms. The summed E-state index contributed by atoms with van der Waals surface area (Å²) in [4.78, 5) is 23.8. The summed E-state index contributed by atoms with van der Waals surface area (Å²) in [6.07, 6.45) is 3.90. The van der Waals surface area contributed by atoms with Crippen molar-refractivity contribution < 1.29 is 19.1 Å². The molecule has 5 unspecified atom stereocenters. The third-order valence-corrected chi connectivity index (χ3v) is 4.91. The first-order valence-corrected chi connectivity index (χ1v) is 8.31. The second-order valence-electron chi connectivity index (χ2n) is 7.00. The maximum Gasteiger partial charge on any atom is 0.310 e.